The van der Waals surface area contributed by atoms with Gasteiger partial charge in [-0.25, -0.2) is 4.79 Å². The molecular formula is C37H35F3N4O4. The van der Waals surface area contributed by atoms with Crippen molar-refractivity contribution in [3.05, 3.63) is 117 Å². The van der Waals surface area contributed by atoms with Crippen LogP contribution >= 0.6 is 0 Å². The van der Waals surface area contributed by atoms with Crippen LogP contribution in [0.4, 0.5) is 13.2 Å². The quantitative estimate of drug-likeness (QED) is 0.115. The van der Waals surface area contributed by atoms with Crippen LogP contribution in [0.15, 0.2) is 77.6 Å². The summed E-state index contributed by atoms with van der Waals surface area (Å²) in [7, 11) is 3.98. The number of hydrogen-bond acceptors (Lipinski definition) is 6. The highest BCUT2D eigenvalue weighted by atomic mass is 19.4. The summed E-state index contributed by atoms with van der Waals surface area (Å²) in [4.78, 5) is 31.1. The summed E-state index contributed by atoms with van der Waals surface area (Å²) in [6, 6.07) is 21.2. The smallest absolute Gasteiger partial charge is 0.417 e. The molecule has 0 aliphatic heterocycles. The summed E-state index contributed by atoms with van der Waals surface area (Å²) < 4.78 is 54.6. The fraction of sp³-hybridized carbons (Fsp3) is 0.270. The van der Waals surface area contributed by atoms with Crippen molar-refractivity contribution in [1.29, 1.82) is 5.26 Å². The van der Waals surface area contributed by atoms with Gasteiger partial charge in [0.05, 0.1) is 24.4 Å². The van der Waals surface area contributed by atoms with Crippen molar-refractivity contribution in [2.24, 2.45) is 0 Å². The van der Waals surface area contributed by atoms with E-state index in [1.54, 1.807) is 48.5 Å². The van der Waals surface area contributed by atoms with Gasteiger partial charge in [0.25, 0.3) is 5.56 Å². The van der Waals surface area contributed by atoms with Gasteiger partial charge in [0.1, 0.15) is 28.8 Å². The zero-order chi connectivity index (χ0) is 34.6. The lowest BCUT2D eigenvalue weighted by atomic mass is 10.0. The minimum Gasteiger partial charge on any atom is -0.461 e. The van der Waals surface area contributed by atoms with Crippen LogP contribution in [0.2, 0.25) is 0 Å². The minimum atomic E-state index is -4.90. The van der Waals surface area contributed by atoms with E-state index in [0.29, 0.717) is 29.4 Å². The Bertz CT molecular complexity index is 2060. The maximum absolute atomic E-state index is 14.0. The number of rotatable bonds is 11. The SMILES string of the molecule is Cc1ccc(Cn2c(-c3ccc(Oc4ccc5[nH]c(C(=O)OCCCCN(C)C)cc5c4)cc3)cc(C(F)(F)F)c(C#N)c2=O)c(C)c1. The second kappa shape index (κ2) is 14.2. The summed E-state index contributed by atoms with van der Waals surface area (Å²) >= 11 is 0. The maximum Gasteiger partial charge on any atom is 0.417 e. The fourth-order valence-corrected chi connectivity index (χ4v) is 5.45. The number of carbonyl (C=O) groups excluding carboxylic acids is 1. The third-order valence-corrected chi connectivity index (χ3v) is 7.97. The van der Waals surface area contributed by atoms with Gasteiger partial charge in [0.15, 0.2) is 0 Å². The summed E-state index contributed by atoms with van der Waals surface area (Å²) in [5.41, 5.74) is 0.765. The standard InChI is InChI=1S/C37H35F3N4O4/c1-23-7-8-26(24(2)17-23)22-44-34(20-31(37(38,39)40)30(21-41)35(44)45)25-9-11-28(12-10-25)48-29-13-14-32-27(18-29)19-33(42-32)36(46)47-16-6-5-15-43(3)4/h7-14,17-20,42H,5-6,15-16,22H2,1-4H3. The van der Waals surface area contributed by atoms with Gasteiger partial charge in [0.2, 0.25) is 0 Å². The van der Waals surface area contributed by atoms with Gasteiger partial charge in [-0.05, 0) is 119 Å². The van der Waals surface area contributed by atoms with Gasteiger partial charge in [-0.2, -0.15) is 18.4 Å². The highest BCUT2D eigenvalue weighted by Crippen LogP contribution is 2.35. The molecule has 0 aliphatic rings. The van der Waals surface area contributed by atoms with Crippen LogP contribution in [0, 0.1) is 25.2 Å². The molecule has 2 heterocycles. The number of H-pyrrole nitrogens is 1. The number of unbranched alkanes of at least 4 members (excludes halogenated alkanes) is 1. The Morgan fingerprint density at radius 2 is 1.69 bits per heavy atom. The van der Waals surface area contributed by atoms with Crippen LogP contribution in [0.5, 0.6) is 11.5 Å². The average Bonchev–Trinajstić information content (AvgIpc) is 3.46. The molecule has 11 heteroatoms. The van der Waals surface area contributed by atoms with Crippen molar-refractivity contribution in [3.63, 3.8) is 0 Å². The van der Waals surface area contributed by atoms with E-state index in [1.165, 1.54) is 10.6 Å². The van der Waals surface area contributed by atoms with Crippen molar-refractivity contribution in [1.82, 2.24) is 14.5 Å². The van der Waals surface area contributed by atoms with E-state index in [-0.39, 0.29) is 12.2 Å². The summed E-state index contributed by atoms with van der Waals surface area (Å²) in [5.74, 6) is 0.433. The first-order valence-electron chi connectivity index (χ1n) is 15.4. The highest BCUT2D eigenvalue weighted by Gasteiger charge is 2.36. The lowest BCUT2D eigenvalue weighted by molar-refractivity contribution is -0.137. The van der Waals surface area contributed by atoms with Gasteiger partial charge in [-0.15, -0.1) is 0 Å². The highest BCUT2D eigenvalue weighted by molar-refractivity contribution is 5.95. The molecule has 0 saturated heterocycles. The number of benzene rings is 3. The Hall–Kier alpha value is -5.34. The number of hydrogen-bond donors (Lipinski definition) is 1. The van der Waals surface area contributed by atoms with E-state index >= 15 is 0 Å². The number of alkyl halides is 3. The summed E-state index contributed by atoms with van der Waals surface area (Å²) in [6.45, 7) is 5.01. The monoisotopic (exact) mass is 656 g/mol. The fourth-order valence-electron chi connectivity index (χ4n) is 5.45. The number of nitrogens with zero attached hydrogens (tertiary/aromatic N) is 3. The number of halogens is 3. The molecule has 0 atom stereocenters. The third-order valence-electron chi connectivity index (χ3n) is 7.97. The first-order chi connectivity index (χ1) is 22.8. The zero-order valence-corrected chi connectivity index (χ0v) is 27.1. The Kier molecular flexibility index (Phi) is 10.1. The van der Waals surface area contributed by atoms with E-state index in [2.05, 4.69) is 9.88 Å². The zero-order valence-electron chi connectivity index (χ0n) is 27.1. The predicted octanol–water partition coefficient (Wildman–Crippen LogP) is 7.84. The molecule has 0 radical (unpaired) electrons. The first kappa shape index (κ1) is 34.0. The Labute approximate surface area is 276 Å². The van der Waals surface area contributed by atoms with Gasteiger partial charge in [-0.1, -0.05) is 23.8 Å². The van der Waals surface area contributed by atoms with E-state index in [4.69, 9.17) is 9.47 Å². The number of nitriles is 1. The Balaban J connectivity index is 1.39. The minimum absolute atomic E-state index is 0.0173. The number of pyridine rings is 1. The Morgan fingerprint density at radius 1 is 0.958 bits per heavy atom. The predicted molar refractivity (Wildman–Crippen MR) is 177 cm³/mol. The molecule has 3 aromatic carbocycles. The van der Waals surface area contributed by atoms with Crippen LogP contribution < -0.4 is 10.3 Å². The maximum atomic E-state index is 14.0. The molecule has 0 spiro atoms. The van der Waals surface area contributed by atoms with Crippen LogP contribution in [0.25, 0.3) is 22.2 Å². The molecule has 248 valence electrons. The normalized spacial score (nSPS) is 11.6. The topological polar surface area (TPSA) is 100 Å². The van der Waals surface area contributed by atoms with Crippen LogP contribution in [-0.4, -0.2) is 47.7 Å². The van der Waals surface area contributed by atoms with Crippen molar-refractivity contribution in [2.45, 2.75) is 39.4 Å². The van der Waals surface area contributed by atoms with Crippen molar-refractivity contribution < 1.29 is 27.4 Å². The number of ether oxygens (including phenoxy) is 2. The molecular weight excluding hydrogens is 621 g/mol. The van der Waals surface area contributed by atoms with E-state index in [9.17, 15) is 28.0 Å². The van der Waals surface area contributed by atoms with Gasteiger partial charge >= 0.3 is 12.1 Å². The molecule has 0 amide bonds. The number of fused-ring (bicyclic) bond motifs is 1. The summed E-state index contributed by atoms with van der Waals surface area (Å²) in [5, 5.41) is 10.3. The molecule has 5 rings (SSSR count). The molecule has 8 nitrogen and oxygen atoms in total. The largest absolute Gasteiger partial charge is 0.461 e. The van der Waals surface area contributed by atoms with Crippen molar-refractivity contribution >= 4 is 16.9 Å². The van der Waals surface area contributed by atoms with E-state index in [1.807, 2.05) is 46.1 Å². The Morgan fingerprint density at radius 3 is 2.35 bits per heavy atom. The molecule has 0 saturated carbocycles. The van der Waals surface area contributed by atoms with Gasteiger partial charge in [0, 0.05) is 10.9 Å². The number of nitrogens with one attached hydrogen (secondary N) is 1. The lowest BCUT2D eigenvalue weighted by Gasteiger charge is -2.19. The molecule has 2 aromatic heterocycles. The van der Waals surface area contributed by atoms with Gasteiger partial charge in [-0.3, -0.25) is 4.79 Å². The second-order valence-corrected chi connectivity index (χ2v) is 12.0. The molecule has 0 unspecified atom stereocenters. The molecule has 1 N–H and O–H groups in total. The first-order valence-corrected chi connectivity index (χ1v) is 15.4. The number of aromatic nitrogens is 2. The van der Waals surface area contributed by atoms with E-state index in [0.717, 1.165) is 53.0 Å². The van der Waals surface area contributed by atoms with Crippen LogP contribution in [0.3, 0.4) is 0 Å². The van der Waals surface area contributed by atoms with Crippen LogP contribution in [0.1, 0.15) is 51.1 Å². The van der Waals surface area contributed by atoms with Crippen molar-refractivity contribution in [3.8, 4) is 28.8 Å². The van der Waals surface area contributed by atoms with Crippen LogP contribution in [-0.2, 0) is 17.5 Å². The molecule has 0 aliphatic carbocycles. The second-order valence-electron chi connectivity index (χ2n) is 12.0. The summed E-state index contributed by atoms with van der Waals surface area (Å²) in [6.07, 6.45) is -3.22. The molecule has 0 bridgehead atoms. The van der Waals surface area contributed by atoms with Gasteiger partial charge < -0.3 is 23.9 Å². The third kappa shape index (κ3) is 7.78. The molecule has 5 aromatic rings. The number of aromatic amines is 1. The lowest BCUT2D eigenvalue weighted by Crippen LogP contribution is -2.29. The molecule has 48 heavy (non-hydrogen) atoms. The average molecular weight is 657 g/mol. The number of esters is 1. The van der Waals surface area contributed by atoms with E-state index < -0.39 is 28.8 Å². The number of aryl methyl sites for hydroxylation is 2. The number of carbonyl (C=O) groups is 1. The van der Waals surface area contributed by atoms with Crippen molar-refractivity contribution in [2.75, 3.05) is 27.2 Å². The molecule has 0 fully saturated rings.